The minimum atomic E-state index is -0.456. The van der Waals surface area contributed by atoms with Gasteiger partial charge in [0.2, 0.25) is 0 Å². The second kappa shape index (κ2) is 9.68. The highest BCUT2D eigenvalue weighted by Crippen LogP contribution is 2.38. The van der Waals surface area contributed by atoms with Gasteiger partial charge in [0.1, 0.15) is 0 Å². The van der Waals surface area contributed by atoms with Crippen LogP contribution in [0.1, 0.15) is 57.9 Å². The van der Waals surface area contributed by atoms with Gasteiger partial charge in [-0.3, -0.25) is 0 Å². The number of unbranched alkanes of at least 4 members (excludes halogenated alkanes) is 2. The molecule has 4 heteroatoms. The maximum absolute atomic E-state index is 6.08. The SMILES string of the molecule is CCCCC(=S)C(CCCC)(O[PH+]=S)c1ccccc1. The summed E-state index contributed by atoms with van der Waals surface area (Å²) in [5, 5.41) is 0. The normalized spacial score (nSPS) is 14.1. The number of rotatable bonds is 10. The van der Waals surface area contributed by atoms with Crippen LogP contribution in [0.15, 0.2) is 30.3 Å². The van der Waals surface area contributed by atoms with Crippen molar-refractivity contribution in [2.24, 2.45) is 0 Å². The minimum absolute atomic E-state index is 0.0397. The van der Waals surface area contributed by atoms with E-state index in [1.807, 2.05) is 18.2 Å². The molecule has 1 aromatic carbocycles. The molecule has 1 aromatic rings. The number of thiocarbonyl (C=S) groups is 1. The third-order valence-electron chi connectivity index (χ3n) is 3.55. The maximum Gasteiger partial charge on any atom is 0.323 e. The van der Waals surface area contributed by atoms with Gasteiger partial charge in [-0.25, -0.2) is 0 Å². The van der Waals surface area contributed by atoms with E-state index in [0.717, 1.165) is 49.0 Å². The fourth-order valence-electron chi connectivity index (χ4n) is 2.36. The Bertz CT molecular complexity index is 422. The van der Waals surface area contributed by atoms with E-state index in [-0.39, 0.29) is 7.58 Å². The minimum Gasteiger partial charge on any atom is -0.153 e. The fraction of sp³-hybridized carbons (Fsp3) is 0.562. The van der Waals surface area contributed by atoms with Gasteiger partial charge < -0.3 is 0 Å². The molecule has 0 aliphatic rings. The van der Waals surface area contributed by atoms with E-state index in [1.54, 1.807) is 0 Å². The summed E-state index contributed by atoms with van der Waals surface area (Å²) in [6.45, 7) is 4.38. The summed E-state index contributed by atoms with van der Waals surface area (Å²) in [4.78, 5) is 1.01. The van der Waals surface area contributed by atoms with Crippen molar-refractivity contribution in [1.29, 1.82) is 0 Å². The van der Waals surface area contributed by atoms with Crippen molar-refractivity contribution in [2.75, 3.05) is 0 Å². The van der Waals surface area contributed by atoms with Crippen LogP contribution >= 0.6 is 19.8 Å². The lowest BCUT2D eigenvalue weighted by atomic mass is 9.84. The highest BCUT2D eigenvalue weighted by molar-refractivity contribution is 7.94. The molecule has 2 atom stereocenters. The molecule has 0 spiro atoms. The molecule has 2 unspecified atom stereocenters. The summed E-state index contributed by atoms with van der Waals surface area (Å²) >= 11 is 10.9. The Balaban J connectivity index is 3.12. The quantitative estimate of drug-likeness (QED) is 0.403. The Morgan fingerprint density at radius 1 is 1.15 bits per heavy atom. The molecule has 0 fully saturated rings. The zero-order valence-electron chi connectivity index (χ0n) is 12.4. The van der Waals surface area contributed by atoms with E-state index < -0.39 is 5.60 Å². The van der Waals surface area contributed by atoms with Crippen LogP contribution in [-0.2, 0) is 21.9 Å². The van der Waals surface area contributed by atoms with Gasteiger partial charge in [-0.2, -0.15) is 4.52 Å². The molecule has 0 amide bonds. The molecular formula is C16H24OPS2+. The van der Waals surface area contributed by atoms with Crippen molar-refractivity contribution in [1.82, 2.24) is 0 Å². The van der Waals surface area contributed by atoms with Crippen molar-refractivity contribution in [3.05, 3.63) is 35.9 Å². The molecule has 0 saturated heterocycles. The van der Waals surface area contributed by atoms with Crippen LogP contribution in [0.2, 0.25) is 0 Å². The van der Waals surface area contributed by atoms with E-state index in [0.29, 0.717) is 0 Å². The van der Waals surface area contributed by atoms with Gasteiger partial charge >= 0.3 is 7.58 Å². The highest BCUT2D eigenvalue weighted by atomic mass is 32.4. The standard InChI is InChI=1S/C16H23OPS2/c1-3-5-12-15(19)16(17-18-20,13-6-4-2)14-10-8-7-9-11-14/h7-11H,3-6,12-13H2,1-2H3/p+1. The van der Waals surface area contributed by atoms with Crippen LogP contribution in [0, 0.1) is 0 Å². The predicted octanol–water partition coefficient (Wildman–Crippen LogP) is 5.70. The third-order valence-corrected chi connectivity index (χ3v) is 4.76. The first-order valence-corrected chi connectivity index (χ1v) is 9.80. The summed E-state index contributed by atoms with van der Waals surface area (Å²) in [7, 11) is 0.0397. The Kier molecular flexibility index (Phi) is 8.63. The first-order chi connectivity index (χ1) is 9.71. The summed E-state index contributed by atoms with van der Waals surface area (Å²) in [6, 6.07) is 10.4. The van der Waals surface area contributed by atoms with Crippen LogP contribution in [0.4, 0.5) is 0 Å². The van der Waals surface area contributed by atoms with E-state index >= 15 is 0 Å². The van der Waals surface area contributed by atoms with Crippen LogP contribution in [0.3, 0.4) is 0 Å². The van der Waals surface area contributed by atoms with Gasteiger partial charge in [-0.05, 0) is 31.2 Å². The predicted molar refractivity (Wildman–Crippen MR) is 96.5 cm³/mol. The van der Waals surface area contributed by atoms with E-state index in [9.17, 15) is 0 Å². The lowest BCUT2D eigenvalue weighted by Gasteiger charge is -2.29. The Labute approximate surface area is 135 Å². The number of hydrogen-bond acceptors (Lipinski definition) is 3. The average Bonchev–Trinajstić information content (AvgIpc) is 2.50. The van der Waals surface area contributed by atoms with Gasteiger partial charge in [-0.15, -0.1) is 0 Å². The molecular weight excluding hydrogens is 303 g/mol. The molecule has 110 valence electrons. The summed E-state index contributed by atoms with van der Waals surface area (Å²) in [5.74, 6) is 0. The third kappa shape index (κ3) is 4.66. The molecule has 0 N–H and O–H groups in total. The van der Waals surface area contributed by atoms with E-state index in [1.165, 1.54) is 0 Å². The van der Waals surface area contributed by atoms with Gasteiger partial charge in [-0.1, -0.05) is 69.2 Å². The Morgan fingerprint density at radius 2 is 1.80 bits per heavy atom. The lowest BCUT2D eigenvalue weighted by molar-refractivity contribution is 0.157. The molecule has 0 aliphatic heterocycles. The summed E-state index contributed by atoms with van der Waals surface area (Å²) < 4.78 is 6.08. The molecule has 0 bridgehead atoms. The van der Waals surface area contributed by atoms with Crippen molar-refractivity contribution in [2.45, 2.75) is 58.0 Å². The molecule has 0 aromatic heterocycles. The van der Waals surface area contributed by atoms with Crippen LogP contribution in [0.25, 0.3) is 0 Å². The van der Waals surface area contributed by atoms with Crippen LogP contribution < -0.4 is 0 Å². The maximum atomic E-state index is 6.08. The van der Waals surface area contributed by atoms with E-state index in [4.69, 9.17) is 28.5 Å². The zero-order valence-corrected chi connectivity index (χ0v) is 15.0. The molecule has 1 nitrogen and oxygen atoms in total. The van der Waals surface area contributed by atoms with Crippen LogP contribution in [-0.4, -0.2) is 4.86 Å². The molecule has 0 aliphatic carbocycles. The van der Waals surface area contributed by atoms with Crippen molar-refractivity contribution in [3.8, 4) is 0 Å². The largest absolute Gasteiger partial charge is 0.323 e. The second-order valence-corrected chi connectivity index (χ2v) is 6.37. The van der Waals surface area contributed by atoms with Gasteiger partial charge in [0.25, 0.3) is 0 Å². The lowest BCUT2D eigenvalue weighted by Crippen LogP contribution is -2.35. The smallest absolute Gasteiger partial charge is 0.153 e. The van der Waals surface area contributed by atoms with Gasteiger partial charge in [0.15, 0.2) is 17.4 Å². The van der Waals surface area contributed by atoms with Crippen molar-refractivity contribution in [3.63, 3.8) is 0 Å². The zero-order chi connectivity index (χ0) is 14.8. The Morgan fingerprint density at radius 3 is 2.35 bits per heavy atom. The van der Waals surface area contributed by atoms with Crippen molar-refractivity contribution >= 4 is 36.5 Å². The monoisotopic (exact) mass is 327 g/mol. The summed E-state index contributed by atoms with van der Waals surface area (Å²) in [5.41, 5.74) is 0.703. The van der Waals surface area contributed by atoms with Crippen LogP contribution in [0.5, 0.6) is 0 Å². The Hall–Kier alpha value is -0.210. The first-order valence-electron chi connectivity index (χ1n) is 7.35. The van der Waals surface area contributed by atoms with Gasteiger partial charge in [0, 0.05) is 4.86 Å². The topological polar surface area (TPSA) is 9.23 Å². The summed E-state index contributed by atoms with van der Waals surface area (Å²) in [6.07, 6.45) is 6.36. The van der Waals surface area contributed by atoms with E-state index in [2.05, 4.69) is 26.0 Å². The number of hydrogen-bond donors (Lipinski definition) is 0. The molecule has 20 heavy (non-hydrogen) atoms. The first kappa shape index (κ1) is 17.8. The second-order valence-electron chi connectivity index (χ2n) is 5.01. The average molecular weight is 327 g/mol. The molecule has 1 rings (SSSR count). The fourth-order valence-corrected chi connectivity index (χ4v) is 3.75. The molecule has 0 saturated carbocycles. The van der Waals surface area contributed by atoms with Gasteiger partial charge in [0.05, 0.1) is 0 Å². The highest BCUT2D eigenvalue weighted by Gasteiger charge is 2.40. The number of benzene rings is 1. The molecule has 0 heterocycles. The molecule has 0 radical (unpaired) electrons. The van der Waals surface area contributed by atoms with Crippen molar-refractivity contribution < 1.29 is 4.52 Å².